The van der Waals surface area contributed by atoms with E-state index in [1.165, 1.54) is 18.2 Å². The van der Waals surface area contributed by atoms with Gasteiger partial charge in [-0.1, -0.05) is 54.6 Å². The molecule has 3 nitrogen and oxygen atoms in total. The van der Waals surface area contributed by atoms with Gasteiger partial charge in [-0.2, -0.15) is 13.2 Å². The topological polar surface area (TPSA) is 41.5 Å². The van der Waals surface area contributed by atoms with Crippen molar-refractivity contribution in [1.29, 1.82) is 0 Å². The van der Waals surface area contributed by atoms with E-state index in [2.05, 4.69) is 11.4 Å². The minimum atomic E-state index is -4.49. The van der Waals surface area contributed by atoms with E-state index in [4.69, 9.17) is 4.74 Å². The molecule has 0 radical (unpaired) electrons. The minimum Gasteiger partial charge on any atom is -0.488 e. The quantitative estimate of drug-likeness (QED) is 0.509. The van der Waals surface area contributed by atoms with Gasteiger partial charge in [0.25, 0.3) is 0 Å². The van der Waals surface area contributed by atoms with Crippen molar-refractivity contribution < 1.29 is 23.0 Å². The molecule has 0 saturated heterocycles. The Labute approximate surface area is 185 Å². The summed E-state index contributed by atoms with van der Waals surface area (Å²) < 4.78 is 45.9. The van der Waals surface area contributed by atoms with Crippen LogP contribution in [0.15, 0.2) is 72.8 Å². The van der Waals surface area contributed by atoms with E-state index in [0.29, 0.717) is 0 Å². The smallest absolute Gasteiger partial charge is 0.419 e. The highest BCUT2D eigenvalue weighted by molar-refractivity contribution is 5.75. The largest absolute Gasteiger partial charge is 0.488 e. The zero-order valence-corrected chi connectivity index (χ0v) is 17.5. The summed E-state index contributed by atoms with van der Waals surface area (Å²) in [4.78, 5) is 0. The van der Waals surface area contributed by atoms with Gasteiger partial charge in [0.1, 0.15) is 12.4 Å². The number of ether oxygens (including phenoxy) is 1. The minimum absolute atomic E-state index is 0.00231. The van der Waals surface area contributed by atoms with Crippen molar-refractivity contribution in [2.75, 3.05) is 13.1 Å². The molecule has 6 heteroatoms. The van der Waals surface area contributed by atoms with Crippen LogP contribution in [0.25, 0.3) is 16.7 Å². The number of hydrogen-bond donors (Lipinski definition) is 2. The lowest BCUT2D eigenvalue weighted by molar-refractivity contribution is -0.139. The molecule has 0 bridgehead atoms. The van der Waals surface area contributed by atoms with Crippen molar-refractivity contribution in [3.8, 4) is 16.9 Å². The average Bonchev–Trinajstić information content (AvgIpc) is 2.82. The van der Waals surface area contributed by atoms with Gasteiger partial charge in [-0.3, -0.25) is 0 Å². The molecule has 1 aliphatic heterocycles. The Kier molecular flexibility index (Phi) is 6.63. The molecule has 0 unspecified atom stereocenters. The molecule has 32 heavy (non-hydrogen) atoms. The van der Waals surface area contributed by atoms with Gasteiger partial charge in [0.15, 0.2) is 0 Å². The summed E-state index contributed by atoms with van der Waals surface area (Å²) >= 11 is 0. The molecular formula is C26H24F3NO2. The van der Waals surface area contributed by atoms with Crippen molar-refractivity contribution >= 4 is 5.57 Å². The van der Waals surface area contributed by atoms with Crippen molar-refractivity contribution in [3.05, 3.63) is 95.1 Å². The predicted octanol–water partition coefficient (Wildman–Crippen LogP) is 5.82. The van der Waals surface area contributed by atoms with Crippen LogP contribution < -0.4 is 10.1 Å². The second-order valence-electron chi connectivity index (χ2n) is 7.65. The number of halogens is 3. The van der Waals surface area contributed by atoms with Gasteiger partial charge >= 0.3 is 6.18 Å². The van der Waals surface area contributed by atoms with Crippen LogP contribution in [0.1, 0.15) is 28.7 Å². The summed E-state index contributed by atoms with van der Waals surface area (Å²) in [7, 11) is 0. The number of rotatable bonds is 6. The normalized spacial score (nSPS) is 14.2. The lowest BCUT2D eigenvalue weighted by Gasteiger charge is -2.20. The number of aliphatic hydroxyl groups is 1. The maximum atomic E-state index is 13.4. The summed E-state index contributed by atoms with van der Waals surface area (Å²) in [5.41, 5.74) is 4.70. The van der Waals surface area contributed by atoms with Crippen molar-refractivity contribution in [3.63, 3.8) is 0 Å². The van der Waals surface area contributed by atoms with Gasteiger partial charge in [0, 0.05) is 6.54 Å². The second-order valence-corrected chi connectivity index (χ2v) is 7.65. The zero-order valence-electron chi connectivity index (χ0n) is 17.5. The molecule has 1 heterocycles. The fourth-order valence-electron chi connectivity index (χ4n) is 3.98. The standard InChI is InChI=1S/C26H24F3NO2/c27-26(28,29)24-7-3-4-8-25(24)32-17-21-15-19(22-6-2-1-5-20(22)16-31)9-10-23(21)18-11-13-30-14-12-18/h1-11,15,30-31H,12-14,16-17H2. The lowest BCUT2D eigenvalue weighted by atomic mass is 9.91. The van der Waals surface area contributed by atoms with Crippen LogP contribution in [-0.2, 0) is 19.4 Å². The van der Waals surface area contributed by atoms with Crippen LogP contribution in [0.5, 0.6) is 5.75 Å². The van der Waals surface area contributed by atoms with Gasteiger partial charge in [0.05, 0.1) is 12.2 Å². The van der Waals surface area contributed by atoms with E-state index < -0.39 is 11.7 Å². The highest BCUT2D eigenvalue weighted by Crippen LogP contribution is 2.37. The van der Waals surface area contributed by atoms with Crippen LogP contribution >= 0.6 is 0 Å². The van der Waals surface area contributed by atoms with Gasteiger partial charge in [0.2, 0.25) is 0 Å². The number of nitrogens with one attached hydrogen (secondary N) is 1. The van der Waals surface area contributed by atoms with Crippen molar-refractivity contribution in [1.82, 2.24) is 5.32 Å². The van der Waals surface area contributed by atoms with E-state index in [-0.39, 0.29) is 19.0 Å². The van der Waals surface area contributed by atoms with E-state index in [0.717, 1.165) is 59.0 Å². The van der Waals surface area contributed by atoms with E-state index in [9.17, 15) is 18.3 Å². The van der Waals surface area contributed by atoms with Crippen LogP contribution in [0.4, 0.5) is 13.2 Å². The maximum Gasteiger partial charge on any atom is 0.419 e. The molecule has 0 aromatic heterocycles. The number of benzene rings is 3. The Hall–Kier alpha value is -3.09. The zero-order chi connectivity index (χ0) is 22.6. The summed E-state index contributed by atoms with van der Waals surface area (Å²) in [6, 6.07) is 18.7. The molecule has 4 rings (SSSR count). The summed E-state index contributed by atoms with van der Waals surface area (Å²) in [6.07, 6.45) is -1.55. The molecule has 3 aromatic carbocycles. The SMILES string of the molecule is OCc1ccccc1-c1ccc(C2=CCNCC2)c(COc2ccccc2C(F)(F)F)c1. The van der Waals surface area contributed by atoms with Crippen LogP contribution in [0.3, 0.4) is 0 Å². The highest BCUT2D eigenvalue weighted by atomic mass is 19.4. The second kappa shape index (κ2) is 9.59. The molecule has 1 aliphatic rings. The summed E-state index contributed by atoms with van der Waals surface area (Å²) in [6.45, 7) is 1.50. The third-order valence-corrected chi connectivity index (χ3v) is 5.59. The first-order valence-electron chi connectivity index (χ1n) is 10.5. The average molecular weight is 439 g/mol. The van der Waals surface area contributed by atoms with Gasteiger partial charge in [-0.15, -0.1) is 0 Å². The number of hydrogen-bond acceptors (Lipinski definition) is 3. The monoisotopic (exact) mass is 439 g/mol. The van der Waals surface area contributed by atoms with Crippen molar-refractivity contribution in [2.45, 2.75) is 25.8 Å². The van der Waals surface area contributed by atoms with Gasteiger partial charge < -0.3 is 15.2 Å². The summed E-state index contributed by atoms with van der Waals surface area (Å²) in [5.74, 6) is -0.189. The van der Waals surface area contributed by atoms with Crippen LogP contribution in [-0.4, -0.2) is 18.2 Å². The lowest BCUT2D eigenvalue weighted by Crippen LogP contribution is -2.20. The molecule has 0 aliphatic carbocycles. The third-order valence-electron chi connectivity index (χ3n) is 5.59. The highest BCUT2D eigenvalue weighted by Gasteiger charge is 2.34. The molecule has 0 atom stereocenters. The third kappa shape index (κ3) is 4.87. The summed E-state index contributed by atoms with van der Waals surface area (Å²) in [5, 5.41) is 13.0. The first-order valence-corrected chi connectivity index (χ1v) is 10.5. The van der Waals surface area contributed by atoms with Crippen molar-refractivity contribution in [2.24, 2.45) is 0 Å². The predicted molar refractivity (Wildman–Crippen MR) is 119 cm³/mol. The Morgan fingerprint density at radius 3 is 2.44 bits per heavy atom. The Morgan fingerprint density at radius 2 is 1.69 bits per heavy atom. The molecule has 0 saturated carbocycles. The van der Waals surface area contributed by atoms with Crippen LogP contribution in [0.2, 0.25) is 0 Å². The molecule has 2 N–H and O–H groups in total. The number of alkyl halides is 3. The van der Waals surface area contributed by atoms with Gasteiger partial charge in [-0.05, 0) is 64.6 Å². The number of para-hydroxylation sites is 1. The Balaban J connectivity index is 1.73. The van der Waals surface area contributed by atoms with Crippen LogP contribution in [0, 0.1) is 0 Å². The molecule has 166 valence electrons. The van der Waals surface area contributed by atoms with E-state index >= 15 is 0 Å². The first kappa shape index (κ1) is 22.1. The molecule has 0 amide bonds. The number of aliphatic hydroxyl groups excluding tert-OH is 1. The van der Waals surface area contributed by atoms with E-state index in [1.807, 2.05) is 42.5 Å². The molecular weight excluding hydrogens is 415 g/mol. The molecule has 0 fully saturated rings. The Bertz CT molecular complexity index is 1120. The van der Waals surface area contributed by atoms with Gasteiger partial charge in [-0.25, -0.2) is 0 Å². The fourth-order valence-corrected chi connectivity index (χ4v) is 3.98. The van der Waals surface area contributed by atoms with E-state index in [1.54, 1.807) is 0 Å². The molecule has 3 aromatic rings. The molecule has 0 spiro atoms. The maximum absolute atomic E-state index is 13.4. The first-order chi connectivity index (χ1) is 15.5. The fraction of sp³-hybridized carbons (Fsp3) is 0.231. The Morgan fingerprint density at radius 1 is 0.906 bits per heavy atom.